The van der Waals surface area contributed by atoms with E-state index in [2.05, 4.69) is 5.32 Å². The second-order valence-corrected chi connectivity index (χ2v) is 5.50. The molecule has 0 saturated heterocycles. The SMILES string of the molecule is Cc1ccc(Cl)cc1NC(=O)c1cc([N+](=O)[O-])cc([N+](=O)[O-])c1C. The van der Waals surface area contributed by atoms with Crippen molar-refractivity contribution in [3.8, 4) is 0 Å². The second-order valence-electron chi connectivity index (χ2n) is 5.07. The number of halogens is 1. The monoisotopic (exact) mass is 349 g/mol. The number of carbonyl (C=O) groups excluding carboxylic acids is 1. The van der Waals surface area contributed by atoms with Crippen LogP contribution < -0.4 is 5.32 Å². The van der Waals surface area contributed by atoms with Gasteiger partial charge in [-0.05, 0) is 31.5 Å². The Morgan fingerprint density at radius 3 is 2.33 bits per heavy atom. The molecule has 0 atom stereocenters. The molecule has 2 aromatic rings. The lowest BCUT2D eigenvalue weighted by Crippen LogP contribution is -2.15. The van der Waals surface area contributed by atoms with E-state index in [0.29, 0.717) is 10.7 Å². The van der Waals surface area contributed by atoms with Crippen LogP contribution in [0.2, 0.25) is 5.02 Å². The maximum absolute atomic E-state index is 12.4. The van der Waals surface area contributed by atoms with E-state index in [1.54, 1.807) is 19.1 Å². The van der Waals surface area contributed by atoms with E-state index in [9.17, 15) is 25.0 Å². The molecular formula is C15H12ClN3O5. The Bertz CT molecular complexity index is 866. The predicted octanol–water partition coefficient (Wildman–Crippen LogP) is 4.03. The van der Waals surface area contributed by atoms with Crippen LogP contribution in [0.5, 0.6) is 0 Å². The molecule has 124 valence electrons. The van der Waals surface area contributed by atoms with E-state index in [0.717, 1.165) is 17.7 Å². The van der Waals surface area contributed by atoms with Crippen molar-refractivity contribution in [3.05, 3.63) is 72.3 Å². The van der Waals surface area contributed by atoms with Crippen molar-refractivity contribution in [2.45, 2.75) is 13.8 Å². The topological polar surface area (TPSA) is 115 Å². The van der Waals surface area contributed by atoms with Gasteiger partial charge in [0, 0.05) is 22.3 Å². The molecule has 2 aromatic carbocycles. The largest absolute Gasteiger partial charge is 0.322 e. The van der Waals surface area contributed by atoms with Crippen LogP contribution in [0.1, 0.15) is 21.5 Å². The van der Waals surface area contributed by atoms with Gasteiger partial charge in [-0.1, -0.05) is 17.7 Å². The number of rotatable bonds is 4. The van der Waals surface area contributed by atoms with Crippen LogP contribution in [-0.2, 0) is 0 Å². The van der Waals surface area contributed by atoms with Gasteiger partial charge in [-0.25, -0.2) is 0 Å². The van der Waals surface area contributed by atoms with Gasteiger partial charge in [-0.15, -0.1) is 0 Å². The summed E-state index contributed by atoms with van der Waals surface area (Å²) in [5.74, 6) is -0.690. The number of aryl methyl sites for hydroxylation is 1. The normalized spacial score (nSPS) is 10.3. The molecule has 0 bridgehead atoms. The molecule has 0 radical (unpaired) electrons. The number of nitro benzene ring substituents is 2. The standard InChI is InChI=1S/C15H12ClN3O5/c1-8-3-4-10(16)5-13(8)17-15(20)12-6-11(18(21)22)7-14(9(12)2)19(23)24/h3-7H,1-2H3,(H,17,20). The number of nitrogens with one attached hydrogen (secondary N) is 1. The number of nitrogens with zero attached hydrogens (tertiary/aromatic N) is 2. The van der Waals surface area contributed by atoms with Gasteiger partial charge in [0.05, 0.1) is 21.5 Å². The molecule has 0 heterocycles. The van der Waals surface area contributed by atoms with E-state index in [1.165, 1.54) is 13.0 Å². The van der Waals surface area contributed by atoms with Gasteiger partial charge < -0.3 is 5.32 Å². The third-order valence-corrected chi connectivity index (χ3v) is 3.70. The first-order chi connectivity index (χ1) is 11.2. The summed E-state index contributed by atoms with van der Waals surface area (Å²) in [6, 6.07) is 6.71. The van der Waals surface area contributed by atoms with E-state index < -0.39 is 27.1 Å². The highest BCUT2D eigenvalue weighted by Crippen LogP contribution is 2.29. The Labute approximate surface area is 141 Å². The van der Waals surface area contributed by atoms with Crippen LogP contribution in [0.3, 0.4) is 0 Å². The highest BCUT2D eigenvalue weighted by Gasteiger charge is 2.25. The molecule has 0 aliphatic heterocycles. The van der Waals surface area contributed by atoms with E-state index in [4.69, 9.17) is 11.6 Å². The molecule has 1 amide bonds. The fraction of sp³-hybridized carbons (Fsp3) is 0.133. The molecule has 24 heavy (non-hydrogen) atoms. The van der Waals surface area contributed by atoms with Crippen molar-refractivity contribution in [1.29, 1.82) is 0 Å². The molecule has 8 nitrogen and oxygen atoms in total. The van der Waals surface area contributed by atoms with Crippen LogP contribution in [0, 0.1) is 34.1 Å². The second kappa shape index (κ2) is 6.63. The Kier molecular flexibility index (Phi) is 4.79. The number of non-ortho nitro benzene ring substituents is 1. The lowest BCUT2D eigenvalue weighted by Gasteiger charge is -2.10. The number of anilines is 1. The molecular weight excluding hydrogens is 338 g/mol. The van der Waals surface area contributed by atoms with Gasteiger partial charge in [0.25, 0.3) is 17.3 Å². The third-order valence-electron chi connectivity index (χ3n) is 3.46. The number of carbonyl (C=O) groups is 1. The van der Waals surface area contributed by atoms with Crippen molar-refractivity contribution in [1.82, 2.24) is 0 Å². The van der Waals surface area contributed by atoms with Gasteiger partial charge in [-0.2, -0.15) is 0 Å². The lowest BCUT2D eigenvalue weighted by atomic mass is 10.0. The molecule has 1 N–H and O–H groups in total. The summed E-state index contributed by atoms with van der Waals surface area (Å²) < 4.78 is 0. The van der Waals surface area contributed by atoms with Gasteiger partial charge >= 0.3 is 0 Å². The van der Waals surface area contributed by atoms with E-state index in [-0.39, 0.29) is 11.1 Å². The van der Waals surface area contributed by atoms with Crippen molar-refractivity contribution >= 4 is 34.6 Å². The van der Waals surface area contributed by atoms with Gasteiger partial charge in [0.15, 0.2) is 0 Å². The van der Waals surface area contributed by atoms with Crippen LogP contribution in [0.15, 0.2) is 30.3 Å². The highest BCUT2D eigenvalue weighted by molar-refractivity contribution is 6.31. The van der Waals surface area contributed by atoms with Crippen molar-refractivity contribution in [3.63, 3.8) is 0 Å². The maximum Gasteiger partial charge on any atom is 0.279 e. The Morgan fingerprint density at radius 2 is 1.75 bits per heavy atom. The van der Waals surface area contributed by atoms with Gasteiger partial charge in [0.1, 0.15) is 0 Å². The van der Waals surface area contributed by atoms with Crippen LogP contribution >= 0.6 is 11.6 Å². The predicted molar refractivity (Wildman–Crippen MR) is 88.6 cm³/mol. The summed E-state index contributed by atoms with van der Waals surface area (Å²) >= 11 is 5.88. The van der Waals surface area contributed by atoms with Crippen molar-refractivity contribution in [2.75, 3.05) is 5.32 Å². The zero-order valence-electron chi connectivity index (χ0n) is 12.7. The first-order valence-corrected chi connectivity index (χ1v) is 7.09. The zero-order chi connectivity index (χ0) is 18.0. The molecule has 0 aromatic heterocycles. The molecule has 0 spiro atoms. The van der Waals surface area contributed by atoms with Crippen molar-refractivity contribution in [2.24, 2.45) is 0 Å². The number of amides is 1. The average Bonchev–Trinajstić information content (AvgIpc) is 2.50. The minimum Gasteiger partial charge on any atom is -0.322 e. The molecule has 0 aliphatic carbocycles. The van der Waals surface area contributed by atoms with Crippen LogP contribution in [0.4, 0.5) is 17.1 Å². The summed E-state index contributed by atoms with van der Waals surface area (Å²) in [4.78, 5) is 32.9. The summed E-state index contributed by atoms with van der Waals surface area (Å²) in [5.41, 5.74) is 0.0295. The Morgan fingerprint density at radius 1 is 1.08 bits per heavy atom. The molecule has 0 fully saturated rings. The summed E-state index contributed by atoms with van der Waals surface area (Å²) in [6.07, 6.45) is 0. The molecule has 2 rings (SSSR count). The minimum absolute atomic E-state index is 0.0442. The quantitative estimate of drug-likeness (QED) is 0.660. The van der Waals surface area contributed by atoms with Gasteiger partial charge in [0.2, 0.25) is 0 Å². The fourth-order valence-electron chi connectivity index (χ4n) is 2.13. The molecule has 0 saturated carbocycles. The van der Waals surface area contributed by atoms with Gasteiger partial charge in [-0.3, -0.25) is 25.0 Å². The van der Waals surface area contributed by atoms with Crippen LogP contribution in [0.25, 0.3) is 0 Å². The molecule has 0 unspecified atom stereocenters. The first kappa shape index (κ1) is 17.4. The smallest absolute Gasteiger partial charge is 0.279 e. The Balaban J connectivity index is 2.50. The number of nitro groups is 2. The highest BCUT2D eigenvalue weighted by atomic mass is 35.5. The summed E-state index contributed by atoms with van der Waals surface area (Å²) in [5, 5.41) is 25.0. The summed E-state index contributed by atoms with van der Waals surface area (Å²) in [7, 11) is 0. The first-order valence-electron chi connectivity index (χ1n) is 6.71. The van der Waals surface area contributed by atoms with Crippen LogP contribution in [-0.4, -0.2) is 15.8 Å². The number of hydrogen-bond acceptors (Lipinski definition) is 5. The average molecular weight is 350 g/mol. The van der Waals surface area contributed by atoms with E-state index >= 15 is 0 Å². The maximum atomic E-state index is 12.4. The Hall–Kier alpha value is -3.00. The number of benzene rings is 2. The number of hydrogen-bond donors (Lipinski definition) is 1. The van der Waals surface area contributed by atoms with E-state index in [1.807, 2.05) is 0 Å². The fourth-order valence-corrected chi connectivity index (χ4v) is 2.31. The minimum atomic E-state index is -0.784. The summed E-state index contributed by atoms with van der Waals surface area (Å²) in [6.45, 7) is 3.11. The molecule has 0 aliphatic rings. The zero-order valence-corrected chi connectivity index (χ0v) is 13.5. The third kappa shape index (κ3) is 3.49. The molecule has 9 heteroatoms. The lowest BCUT2D eigenvalue weighted by molar-refractivity contribution is -0.394. The van der Waals surface area contributed by atoms with Crippen molar-refractivity contribution < 1.29 is 14.6 Å².